The van der Waals surface area contributed by atoms with E-state index in [0.29, 0.717) is 0 Å². The third-order valence-electron chi connectivity index (χ3n) is 16.1. The lowest BCUT2D eigenvalue weighted by Gasteiger charge is -2.36. The zero-order valence-corrected chi connectivity index (χ0v) is 51.8. The van der Waals surface area contributed by atoms with Crippen LogP contribution in [0.2, 0.25) is 0 Å². The van der Waals surface area contributed by atoms with Crippen molar-refractivity contribution in [2.45, 2.75) is 128 Å². The van der Waals surface area contributed by atoms with E-state index in [1.165, 1.54) is 28.0 Å². The van der Waals surface area contributed by atoms with E-state index in [0.717, 1.165) is 22.3 Å². The second kappa shape index (κ2) is 29.8. The molecule has 460 valence electrons. The summed E-state index contributed by atoms with van der Waals surface area (Å²) >= 11 is 0. The van der Waals surface area contributed by atoms with Gasteiger partial charge in [0.25, 0.3) is 11.8 Å². The van der Waals surface area contributed by atoms with Crippen LogP contribution in [0.1, 0.15) is 123 Å². The second-order valence-corrected chi connectivity index (χ2v) is 24.5. The maximum atomic E-state index is 14.9. The van der Waals surface area contributed by atoms with E-state index in [-0.39, 0.29) is 80.1 Å². The standard InChI is InChI=1S/C66H85N11O8.ClH/c1-40(68-9)57(78)74-55(65(3,4)5)63(84)76-38-49(34-53(76)61(82)70-36-51(42-23-15-11-16-24-42)43-25-17-12-18-26-43)72-59(80)46-31-47(33-48(67)32-46)60(81)73-50-35-54(77(39-50)64(85)56(66(6,7)8)75-58(79)41(2)69-10)62(83)71-37-52(44-27-19-13-20-28-44)45-29-21-14-22-30-45;/h11-33,40-41,49-56,68-69H,34-39,67H2,1-10H3,(H,70,82)(H,71,83)(H,72,80)(H,73,81)(H,74,78)(H,75,79);1H/t40-,41-,49-,50-,53-,54-,55+,56+;/m0./s1. The molecule has 8 amide bonds. The molecule has 0 spiro atoms. The fourth-order valence-electron chi connectivity index (χ4n) is 11.0. The highest BCUT2D eigenvalue weighted by Crippen LogP contribution is 2.31. The van der Waals surface area contributed by atoms with Crippen LogP contribution in [0.4, 0.5) is 5.69 Å². The molecule has 0 aliphatic carbocycles. The van der Waals surface area contributed by atoms with Gasteiger partial charge in [-0.2, -0.15) is 0 Å². The van der Waals surface area contributed by atoms with Crippen LogP contribution in [0.15, 0.2) is 140 Å². The molecular weight excluding hydrogens is 1110 g/mol. The highest BCUT2D eigenvalue weighted by atomic mass is 35.5. The molecule has 0 radical (unpaired) electrons. The van der Waals surface area contributed by atoms with Gasteiger partial charge in [-0.15, -0.1) is 12.4 Å². The summed E-state index contributed by atoms with van der Waals surface area (Å²) in [5.74, 6) is -4.38. The van der Waals surface area contributed by atoms with E-state index in [9.17, 15) is 38.4 Å². The van der Waals surface area contributed by atoms with Crippen molar-refractivity contribution in [3.8, 4) is 0 Å². The van der Waals surface area contributed by atoms with Crippen LogP contribution in [0.25, 0.3) is 0 Å². The number of rotatable bonds is 22. The number of hydrogen-bond donors (Lipinski definition) is 9. The molecule has 0 aromatic heterocycles. The molecule has 0 bridgehead atoms. The zero-order valence-electron chi connectivity index (χ0n) is 50.9. The van der Waals surface area contributed by atoms with Crippen molar-refractivity contribution in [1.82, 2.24) is 52.3 Å². The number of nitrogens with zero attached hydrogens (tertiary/aromatic N) is 2. The fraction of sp³-hybridized carbons (Fsp3) is 0.424. The van der Waals surface area contributed by atoms with Crippen molar-refractivity contribution < 1.29 is 38.4 Å². The van der Waals surface area contributed by atoms with E-state index < -0.39 is 106 Å². The first-order chi connectivity index (χ1) is 40.4. The lowest BCUT2D eigenvalue weighted by Crippen LogP contribution is -2.59. The summed E-state index contributed by atoms with van der Waals surface area (Å²) in [6, 6.07) is 36.3. The smallest absolute Gasteiger partial charge is 0.251 e. The van der Waals surface area contributed by atoms with Crippen molar-refractivity contribution in [3.05, 3.63) is 173 Å². The Kier molecular flexibility index (Phi) is 23.2. The monoisotopic (exact) mass is 1200 g/mol. The van der Waals surface area contributed by atoms with Crippen LogP contribution in [-0.4, -0.2) is 146 Å². The first-order valence-electron chi connectivity index (χ1n) is 29.2. The van der Waals surface area contributed by atoms with Crippen LogP contribution in [0, 0.1) is 10.8 Å². The van der Waals surface area contributed by atoms with Gasteiger partial charge in [-0.1, -0.05) is 163 Å². The molecule has 2 saturated heterocycles. The van der Waals surface area contributed by atoms with Gasteiger partial charge in [-0.3, -0.25) is 38.4 Å². The first kappa shape index (κ1) is 67.0. The van der Waals surface area contributed by atoms with Crippen molar-refractivity contribution in [3.63, 3.8) is 0 Å². The maximum absolute atomic E-state index is 14.9. The van der Waals surface area contributed by atoms with Gasteiger partial charge in [-0.25, -0.2) is 0 Å². The number of likely N-dealkylation sites (tertiary alicyclic amines) is 2. The number of hydrogen-bond acceptors (Lipinski definition) is 11. The molecule has 2 aliphatic rings. The molecule has 8 atom stereocenters. The third-order valence-corrected chi connectivity index (χ3v) is 16.1. The summed E-state index contributed by atoms with van der Waals surface area (Å²) in [5.41, 5.74) is 8.90. The van der Waals surface area contributed by atoms with Gasteiger partial charge in [0.1, 0.15) is 24.2 Å². The average Bonchev–Trinajstić information content (AvgIpc) is 3.32. The molecule has 5 aromatic carbocycles. The van der Waals surface area contributed by atoms with Crippen LogP contribution in [-0.2, 0) is 28.8 Å². The van der Waals surface area contributed by atoms with Gasteiger partial charge in [0, 0.05) is 66.9 Å². The molecule has 19 nitrogen and oxygen atoms in total. The number of benzene rings is 5. The quantitative estimate of drug-likeness (QED) is 0.0404. The normalized spacial score (nSPS) is 18.2. The number of nitrogen functional groups attached to an aromatic ring is 1. The number of carbonyl (C=O) groups excluding carboxylic acids is 8. The van der Waals surface area contributed by atoms with Crippen LogP contribution >= 0.6 is 12.4 Å². The van der Waals surface area contributed by atoms with Gasteiger partial charge in [0.15, 0.2) is 0 Å². The summed E-state index contributed by atoms with van der Waals surface area (Å²) in [7, 11) is 3.28. The van der Waals surface area contributed by atoms with E-state index in [2.05, 4.69) is 42.5 Å². The number of likely N-dealkylation sites (N-methyl/N-ethyl adjacent to an activating group) is 2. The van der Waals surface area contributed by atoms with Crippen molar-refractivity contribution in [2.24, 2.45) is 10.8 Å². The average molecular weight is 1200 g/mol. The van der Waals surface area contributed by atoms with Crippen molar-refractivity contribution >= 4 is 65.4 Å². The second-order valence-electron chi connectivity index (χ2n) is 24.5. The molecule has 2 heterocycles. The minimum atomic E-state index is -1.06. The number of carbonyl (C=O) groups is 8. The largest absolute Gasteiger partial charge is 0.399 e. The Balaban J connectivity index is 0.0000118. The molecule has 5 aromatic rings. The van der Waals surface area contributed by atoms with Gasteiger partial charge >= 0.3 is 0 Å². The van der Waals surface area contributed by atoms with Gasteiger partial charge in [-0.05, 0) is 92.1 Å². The molecule has 20 heteroatoms. The molecular formula is C66H86ClN11O8. The number of nitrogens with two attached hydrogens (primary N) is 1. The van der Waals surface area contributed by atoms with E-state index >= 15 is 0 Å². The molecule has 2 aliphatic heterocycles. The number of anilines is 1. The summed E-state index contributed by atoms with van der Waals surface area (Å²) in [5, 5.41) is 23.9. The fourth-order valence-corrected chi connectivity index (χ4v) is 11.0. The maximum Gasteiger partial charge on any atom is 0.251 e. The van der Waals surface area contributed by atoms with Gasteiger partial charge in [0.2, 0.25) is 35.4 Å². The number of halogens is 1. The molecule has 0 saturated carbocycles. The van der Waals surface area contributed by atoms with Crippen LogP contribution < -0.4 is 48.3 Å². The van der Waals surface area contributed by atoms with Crippen LogP contribution in [0.3, 0.4) is 0 Å². The summed E-state index contributed by atoms with van der Waals surface area (Å²) in [6.45, 7) is 14.5. The number of nitrogens with one attached hydrogen (secondary N) is 8. The van der Waals surface area contributed by atoms with Crippen LogP contribution in [0.5, 0.6) is 0 Å². The van der Waals surface area contributed by atoms with E-state index in [1.807, 2.05) is 163 Å². The van der Waals surface area contributed by atoms with Gasteiger partial charge < -0.3 is 58.1 Å². The Hall–Kier alpha value is -8.13. The third kappa shape index (κ3) is 17.1. The Morgan fingerprint density at radius 2 is 0.802 bits per heavy atom. The predicted octanol–water partition coefficient (Wildman–Crippen LogP) is 5.26. The Morgan fingerprint density at radius 1 is 0.500 bits per heavy atom. The SMILES string of the molecule is CN[C@@H](C)C(=O)N[C@H](C(=O)N1C[C@@H](NC(=O)c2cc(N)cc(C(=O)N[C@H]3C[C@@H](C(=O)NCC(c4ccccc4)c4ccccc4)N(C(=O)[C@@H](NC(=O)[C@H](C)NC)C(C)(C)C)C3)c2)C[C@H]1C(=O)NCC(c1ccccc1)c1ccccc1)C(C)(C)C.Cl. The lowest BCUT2D eigenvalue weighted by molar-refractivity contribution is -0.144. The Bertz CT molecular complexity index is 2860. The summed E-state index contributed by atoms with van der Waals surface area (Å²) in [4.78, 5) is 117. The minimum Gasteiger partial charge on any atom is -0.399 e. The van der Waals surface area contributed by atoms with Gasteiger partial charge in [0.05, 0.1) is 12.1 Å². The Morgan fingerprint density at radius 3 is 1.08 bits per heavy atom. The van der Waals surface area contributed by atoms with E-state index in [4.69, 9.17) is 5.73 Å². The highest BCUT2D eigenvalue weighted by molar-refractivity contribution is 6.02. The molecule has 10 N–H and O–H groups in total. The summed E-state index contributed by atoms with van der Waals surface area (Å²) < 4.78 is 0. The molecule has 7 rings (SSSR count). The minimum absolute atomic E-state index is 0. The summed E-state index contributed by atoms with van der Waals surface area (Å²) in [6.07, 6.45) is 0.0498. The van der Waals surface area contributed by atoms with Crippen molar-refractivity contribution in [1.29, 1.82) is 0 Å². The predicted molar refractivity (Wildman–Crippen MR) is 336 cm³/mol. The molecule has 2 fully saturated rings. The zero-order chi connectivity index (χ0) is 61.8. The molecule has 86 heavy (non-hydrogen) atoms. The highest BCUT2D eigenvalue weighted by Gasteiger charge is 2.48. The number of amides is 8. The Labute approximate surface area is 511 Å². The first-order valence-corrected chi connectivity index (χ1v) is 29.2. The molecule has 0 unspecified atom stereocenters. The van der Waals surface area contributed by atoms with Crippen molar-refractivity contribution in [2.75, 3.05) is 46.0 Å². The van der Waals surface area contributed by atoms with E-state index in [1.54, 1.807) is 27.9 Å². The topological polar surface area (TPSA) is 265 Å². The lowest BCUT2D eigenvalue weighted by atomic mass is 9.85.